The first-order valence-corrected chi connectivity index (χ1v) is 9.54. The minimum Gasteiger partial charge on any atom is -0.379 e. The van der Waals surface area contributed by atoms with Crippen molar-refractivity contribution in [3.63, 3.8) is 0 Å². The van der Waals surface area contributed by atoms with Crippen LogP contribution in [0.4, 0.5) is 0 Å². The van der Waals surface area contributed by atoms with E-state index in [-0.39, 0.29) is 0 Å². The van der Waals surface area contributed by atoms with Crippen LogP contribution in [-0.2, 0) is 27.3 Å². The third kappa shape index (κ3) is 7.77. The number of H-pyrrole nitrogens is 2. The summed E-state index contributed by atoms with van der Waals surface area (Å²) < 4.78 is 17.3. The Morgan fingerprint density at radius 2 is 1.07 bits per heavy atom. The van der Waals surface area contributed by atoms with Gasteiger partial charge in [-0.1, -0.05) is 0 Å². The van der Waals surface area contributed by atoms with Crippen LogP contribution in [0.25, 0.3) is 0 Å². The van der Waals surface area contributed by atoms with E-state index in [4.69, 9.17) is 14.2 Å². The molecule has 1 fully saturated rings. The molecule has 1 saturated heterocycles. The first-order chi connectivity index (χ1) is 13.4. The lowest BCUT2D eigenvalue weighted by Gasteiger charge is -2.22. The summed E-state index contributed by atoms with van der Waals surface area (Å²) in [5, 5.41) is 14.1. The van der Waals surface area contributed by atoms with E-state index in [1.807, 2.05) is 12.1 Å². The highest BCUT2D eigenvalue weighted by molar-refractivity contribution is 4.97. The van der Waals surface area contributed by atoms with E-state index >= 15 is 0 Å². The van der Waals surface area contributed by atoms with Crippen molar-refractivity contribution < 1.29 is 14.2 Å². The summed E-state index contributed by atoms with van der Waals surface area (Å²) in [6.07, 6.45) is 3.56. The second-order valence-corrected chi connectivity index (χ2v) is 6.55. The van der Waals surface area contributed by atoms with Crippen molar-refractivity contribution in [3.8, 4) is 0 Å². The Hall–Kier alpha value is -1.78. The standard InChI is InChI=1S/C18H30N6O3/c1-3-19-21-17(1)15-23-5-9-25-10-6-24(16-18-2-4-20-22-18)8-12-27-14-13-26-11-7-23/h1-4H,5-16H2,(H,19,21)(H,20,22). The van der Waals surface area contributed by atoms with Crippen molar-refractivity contribution in [1.29, 1.82) is 0 Å². The zero-order valence-corrected chi connectivity index (χ0v) is 15.8. The van der Waals surface area contributed by atoms with E-state index in [0.29, 0.717) is 39.6 Å². The van der Waals surface area contributed by atoms with Crippen molar-refractivity contribution in [2.75, 3.05) is 65.8 Å². The molecule has 2 N–H and O–H groups in total. The molecule has 0 saturated carbocycles. The molecule has 9 heteroatoms. The molecule has 0 aliphatic carbocycles. The van der Waals surface area contributed by atoms with Gasteiger partial charge in [-0.15, -0.1) is 0 Å². The van der Waals surface area contributed by atoms with Crippen molar-refractivity contribution in [3.05, 3.63) is 35.9 Å². The summed E-state index contributed by atoms with van der Waals surface area (Å²) >= 11 is 0. The molecule has 0 bridgehead atoms. The third-order valence-corrected chi connectivity index (χ3v) is 4.48. The highest BCUT2D eigenvalue weighted by Gasteiger charge is 2.10. The fourth-order valence-electron chi connectivity index (χ4n) is 2.97. The second kappa shape index (κ2) is 11.8. The SMILES string of the molecule is c1cc(CN2CCOCCOCCN(Cc3ccn[nH]3)CCOCC2)[nH]n1. The lowest BCUT2D eigenvalue weighted by molar-refractivity contribution is 0.0309. The average molecular weight is 378 g/mol. The molecule has 0 atom stereocenters. The van der Waals surface area contributed by atoms with E-state index in [1.54, 1.807) is 12.4 Å². The fourth-order valence-corrected chi connectivity index (χ4v) is 2.97. The summed E-state index contributed by atoms with van der Waals surface area (Å²) in [6.45, 7) is 9.06. The molecule has 0 aromatic carbocycles. The van der Waals surface area contributed by atoms with Crippen LogP contribution in [0.1, 0.15) is 11.4 Å². The van der Waals surface area contributed by atoms with E-state index in [9.17, 15) is 0 Å². The molecule has 0 amide bonds. The van der Waals surface area contributed by atoms with Crippen LogP contribution in [0, 0.1) is 0 Å². The van der Waals surface area contributed by atoms with Crippen LogP contribution in [0.3, 0.4) is 0 Å². The summed E-state index contributed by atoms with van der Waals surface area (Å²) in [5.74, 6) is 0. The molecular formula is C18H30N6O3. The van der Waals surface area contributed by atoms with Gasteiger partial charge in [0.1, 0.15) is 0 Å². The third-order valence-electron chi connectivity index (χ3n) is 4.48. The van der Waals surface area contributed by atoms with Crippen LogP contribution in [0.15, 0.2) is 24.5 Å². The van der Waals surface area contributed by atoms with Gasteiger partial charge in [-0.3, -0.25) is 20.0 Å². The Balaban J connectivity index is 1.47. The molecule has 0 spiro atoms. The lowest BCUT2D eigenvalue weighted by atomic mass is 10.3. The van der Waals surface area contributed by atoms with Crippen LogP contribution in [0.5, 0.6) is 0 Å². The zero-order chi connectivity index (χ0) is 18.6. The molecule has 2 aromatic rings. The van der Waals surface area contributed by atoms with Gasteiger partial charge in [0.05, 0.1) is 39.6 Å². The Bertz CT molecular complexity index is 540. The maximum Gasteiger partial charge on any atom is 0.0701 e. The Kier molecular flexibility index (Phi) is 8.75. The summed E-state index contributed by atoms with van der Waals surface area (Å²) in [6, 6.07) is 4.00. The predicted octanol–water partition coefficient (Wildman–Crippen LogP) is 0.500. The minimum atomic E-state index is 0.620. The van der Waals surface area contributed by atoms with Gasteiger partial charge in [-0.2, -0.15) is 10.2 Å². The molecule has 1 aliphatic heterocycles. The summed E-state index contributed by atoms with van der Waals surface area (Å²) in [7, 11) is 0. The first-order valence-electron chi connectivity index (χ1n) is 9.54. The molecule has 0 unspecified atom stereocenters. The van der Waals surface area contributed by atoms with Crippen LogP contribution >= 0.6 is 0 Å². The number of ether oxygens (including phenoxy) is 3. The number of rotatable bonds is 4. The Morgan fingerprint density at radius 1 is 0.667 bits per heavy atom. The molecule has 1 aliphatic rings. The van der Waals surface area contributed by atoms with Crippen LogP contribution in [0.2, 0.25) is 0 Å². The maximum atomic E-state index is 5.89. The summed E-state index contributed by atoms with van der Waals surface area (Å²) in [4.78, 5) is 4.63. The highest BCUT2D eigenvalue weighted by Crippen LogP contribution is 2.03. The van der Waals surface area contributed by atoms with Crippen molar-refractivity contribution in [2.45, 2.75) is 13.1 Å². The average Bonchev–Trinajstić information content (AvgIpc) is 3.36. The second-order valence-electron chi connectivity index (χ2n) is 6.55. The molecule has 0 radical (unpaired) electrons. The number of aromatic amines is 2. The number of hydrogen-bond donors (Lipinski definition) is 2. The predicted molar refractivity (Wildman–Crippen MR) is 100 cm³/mol. The van der Waals surface area contributed by atoms with E-state index in [2.05, 4.69) is 30.2 Å². The Morgan fingerprint density at radius 3 is 1.44 bits per heavy atom. The van der Waals surface area contributed by atoms with Gasteiger partial charge < -0.3 is 14.2 Å². The number of nitrogens with one attached hydrogen (secondary N) is 2. The largest absolute Gasteiger partial charge is 0.379 e. The molecular weight excluding hydrogens is 348 g/mol. The Labute approximate surface area is 160 Å². The summed E-state index contributed by atoms with van der Waals surface area (Å²) in [5.41, 5.74) is 2.20. The van der Waals surface area contributed by atoms with Gasteiger partial charge in [0.25, 0.3) is 0 Å². The number of aromatic nitrogens is 4. The van der Waals surface area contributed by atoms with Gasteiger partial charge in [0.2, 0.25) is 0 Å². The fraction of sp³-hybridized carbons (Fsp3) is 0.667. The van der Waals surface area contributed by atoms with Crippen LogP contribution < -0.4 is 0 Å². The zero-order valence-electron chi connectivity index (χ0n) is 15.8. The molecule has 27 heavy (non-hydrogen) atoms. The smallest absolute Gasteiger partial charge is 0.0701 e. The molecule has 2 aromatic heterocycles. The molecule has 3 heterocycles. The molecule has 150 valence electrons. The number of nitrogens with zero attached hydrogens (tertiary/aromatic N) is 4. The van der Waals surface area contributed by atoms with Crippen molar-refractivity contribution >= 4 is 0 Å². The van der Waals surface area contributed by atoms with Crippen LogP contribution in [-0.4, -0.2) is 96.0 Å². The lowest BCUT2D eigenvalue weighted by Crippen LogP contribution is -2.33. The molecule has 3 rings (SSSR count). The van der Waals surface area contributed by atoms with Gasteiger partial charge >= 0.3 is 0 Å². The monoisotopic (exact) mass is 378 g/mol. The van der Waals surface area contributed by atoms with Crippen molar-refractivity contribution in [2.24, 2.45) is 0 Å². The van der Waals surface area contributed by atoms with E-state index < -0.39 is 0 Å². The van der Waals surface area contributed by atoms with Gasteiger partial charge in [0.15, 0.2) is 0 Å². The first kappa shape index (κ1) is 20.0. The van der Waals surface area contributed by atoms with Gasteiger partial charge in [-0.25, -0.2) is 0 Å². The van der Waals surface area contributed by atoms with Gasteiger partial charge in [-0.05, 0) is 12.1 Å². The normalized spacial score (nSPS) is 20.1. The van der Waals surface area contributed by atoms with Crippen molar-refractivity contribution in [1.82, 2.24) is 30.2 Å². The van der Waals surface area contributed by atoms with E-state index in [0.717, 1.165) is 50.7 Å². The maximum absolute atomic E-state index is 5.89. The van der Waals surface area contributed by atoms with Gasteiger partial charge in [0, 0.05) is 63.1 Å². The number of hydrogen-bond acceptors (Lipinski definition) is 7. The topological polar surface area (TPSA) is 91.5 Å². The highest BCUT2D eigenvalue weighted by atomic mass is 16.5. The quantitative estimate of drug-likeness (QED) is 0.800. The molecule has 9 nitrogen and oxygen atoms in total. The van der Waals surface area contributed by atoms with E-state index in [1.165, 1.54) is 0 Å². The minimum absolute atomic E-state index is 0.620.